The van der Waals surface area contributed by atoms with Gasteiger partial charge >= 0.3 is 6.18 Å². The van der Waals surface area contributed by atoms with Gasteiger partial charge in [-0.1, -0.05) is 0 Å². The molecule has 136 valence electrons. The second-order valence-corrected chi connectivity index (χ2v) is 6.32. The number of carbonyl (C=O) groups excluding carboxylic acids is 1. The monoisotopic (exact) mass is 347 g/mol. The largest absolute Gasteiger partial charge is 0.406 e. The highest BCUT2D eigenvalue weighted by Crippen LogP contribution is 2.22. The molecule has 1 saturated heterocycles. The molecule has 1 unspecified atom stereocenters. The number of hydrogen-bond acceptors (Lipinski definition) is 4. The molecule has 0 radical (unpaired) electrons. The number of halogens is 3. The Kier molecular flexibility index (Phi) is 5.87. The molecule has 0 aliphatic carbocycles. The van der Waals surface area contributed by atoms with E-state index in [-0.39, 0.29) is 12.6 Å². The van der Waals surface area contributed by atoms with Crippen molar-refractivity contribution in [3.05, 3.63) is 18.2 Å². The van der Waals surface area contributed by atoms with E-state index in [4.69, 9.17) is 0 Å². The highest BCUT2D eigenvalue weighted by atomic mass is 19.4. The van der Waals surface area contributed by atoms with Crippen molar-refractivity contribution in [3.63, 3.8) is 0 Å². The highest BCUT2D eigenvalue weighted by molar-refractivity contribution is 5.78. The number of hydrogen-bond donors (Lipinski definition) is 1. The van der Waals surface area contributed by atoms with Gasteiger partial charge in [-0.3, -0.25) is 9.69 Å². The maximum atomic E-state index is 12.7. The molecule has 0 bridgehead atoms. The lowest BCUT2D eigenvalue weighted by molar-refractivity contribution is -0.165. The summed E-state index contributed by atoms with van der Waals surface area (Å²) >= 11 is 0. The number of alkyl halides is 3. The Bertz CT molecular complexity index is 558. The molecular weight excluding hydrogens is 323 g/mol. The van der Waals surface area contributed by atoms with Crippen LogP contribution in [0.3, 0.4) is 0 Å². The van der Waals surface area contributed by atoms with Crippen LogP contribution in [0.1, 0.15) is 25.7 Å². The van der Waals surface area contributed by atoms with E-state index in [0.717, 1.165) is 10.7 Å². The van der Waals surface area contributed by atoms with Gasteiger partial charge in [-0.05, 0) is 13.8 Å². The maximum Gasteiger partial charge on any atom is 0.406 e. The molecule has 0 saturated carbocycles. The summed E-state index contributed by atoms with van der Waals surface area (Å²) in [6.45, 7) is 3.81. The molecule has 1 atom stereocenters. The number of nitrogens with zero attached hydrogens (tertiary/aromatic N) is 4. The van der Waals surface area contributed by atoms with Gasteiger partial charge in [0, 0.05) is 45.1 Å². The van der Waals surface area contributed by atoms with Crippen LogP contribution in [0.15, 0.2) is 12.4 Å². The fourth-order valence-electron chi connectivity index (χ4n) is 2.90. The van der Waals surface area contributed by atoms with E-state index < -0.39 is 24.7 Å². The molecule has 2 rings (SSSR count). The average molecular weight is 347 g/mol. The number of amides is 1. The summed E-state index contributed by atoms with van der Waals surface area (Å²) in [5.41, 5.74) is 0. The van der Waals surface area contributed by atoms with Crippen molar-refractivity contribution in [2.45, 2.75) is 32.1 Å². The molecule has 1 fully saturated rings. The predicted molar refractivity (Wildman–Crippen MR) is 83.3 cm³/mol. The van der Waals surface area contributed by atoms with E-state index in [1.54, 1.807) is 20.0 Å². The van der Waals surface area contributed by atoms with Crippen molar-refractivity contribution in [2.75, 3.05) is 32.7 Å². The predicted octanol–water partition coefficient (Wildman–Crippen LogP) is 1.17. The summed E-state index contributed by atoms with van der Waals surface area (Å²) in [5, 5.41) is 3.24. The minimum Gasteiger partial charge on any atom is -0.337 e. The molecule has 9 heteroatoms. The second kappa shape index (κ2) is 7.52. The van der Waals surface area contributed by atoms with Crippen LogP contribution in [0, 0.1) is 0 Å². The molecular formula is C15H24F3N5O. The van der Waals surface area contributed by atoms with Gasteiger partial charge in [0.2, 0.25) is 5.91 Å². The van der Waals surface area contributed by atoms with Gasteiger partial charge in [0.05, 0.1) is 12.6 Å². The average Bonchev–Trinajstić information content (AvgIpc) is 2.90. The molecule has 1 amide bonds. The quantitative estimate of drug-likeness (QED) is 0.869. The van der Waals surface area contributed by atoms with Crippen molar-refractivity contribution < 1.29 is 18.0 Å². The van der Waals surface area contributed by atoms with Crippen molar-refractivity contribution in [1.29, 1.82) is 0 Å². The minimum absolute atomic E-state index is 0.0481. The zero-order chi connectivity index (χ0) is 17.9. The molecule has 0 aromatic carbocycles. The maximum absolute atomic E-state index is 12.7. The summed E-state index contributed by atoms with van der Waals surface area (Å²) in [4.78, 5) is 19.6. The first kappa shape index (κ1) is 18.7. The first-order valence-electron chi connectivity index (χ1n) is 7.97. The number of imidazole rings is 1. The van der Waals surface area contributed by atoms with Crippen LogP contribution in [-0.2, 0) is 11.8 Å². The third-order valence-electron chi connectivity index (χ3n) is 4.14. The molecule has 0 spiro atoms. The van der Waals surface area contributed by atoms with Crippen LogP contribution in [-0.4, -0.2) is 70.2 Å². The Balaban J connectivity index is 2.11. The summed E-state index contributed by atoms with van der Waals surface area (Å²) < 4.78 is 40.0. The summed E-state index contributed by atoms with van der Waals surface area (Å²) in [7, 11) is 1.86. The minimum atomic E-state index is -4.40. The van der Waals surface area contributed by atoms with Gasteiger partial charge in [0.1, 0.15) is 12.4 Å². The van der Waals surface area contributed by atoms with E-state index in [2.05, 4.69) is 10.3 Å². The zero-order valence-electron chi connectivity index (χ0n) is 14.2. The second-order valence-electron chi connectivity index (χ2n) is 6.32. The fraction of sp³-hybridized carbons (Fsp3) is 0.733. The van der Waals surface area contributed by atoms with E-state index in [1.807, 2.05) is 22.7 Å². The van der Waals surface area contributed by atoms with Crippen LogP contribution in [0.4, 0.5) is 13.2 Å². The number of rotatable bonds is 5. The fourth-order valence-corrected chi connectivity index (χ4v) is 2.90. The van der Waals surface area contributed by atoms with E-state index in [1.165, 1.54) is 0 Å². The summed E-state index contributed by atoms with van der Waals surface area (Å²) in [5.74, 6) is 0.283. The lowest BCUT2D eigenvalue weighted by Gasteiger charge is -2.37. The molecule has 1 aromatic rings. The smallest absolute Gasteiger partial charge is 0.337 e. The van der Waals surface area contributed by atoms with E-state index >= 15 is 0 Å². The van der Waals surface area contributed by atoms with Crippen LogP contribution >= 0.6 is 0 Å². The van der Waals surface area contributed by atoms with Gasteiger partial charge in [-0.15, -0.1) is 0 Å². The Morgan fingerprint density at radius 3 is 2.75 bits per heavy atom. The first-order valence-corrected chi connectivity index (χ1v) is 7.97. The van der Waals surface area contributed by atoms with E-state index in [0.29, 0.717) is 19.6 Å². The lowest BCUT2D eigenvalue weighted by atomic mass is 10.1. The SMILES string of the molecule is CC(C)N(CC(F)(F)F)C(=O)CN1CCNCC1c1nccn1C. The molecule has 1 aliphatic heterocycles. The third kappa shape index (κ3) is 4.70. The topological polar surface area (TPSA) is 53.4 Å². The van der Waals surface area contributed by atoms with Gasteiger partial charge < -0.3 is 14.8 Å². The van der Waals surface area contributed by atoms with Crippen molar-refractivity contribution >= 4 is 5.91 Å². The highest BCUT2D eigenvalue weighted by Gasteiger charge is 2.36. The lowest BCUT2D eigenvalue weighted by Crippen LogP contribution is -2.53. The number of piperazine rings is 1. The van der Waals surface area contributed by atoms with Crippen LogP contribution < -0.4 is 5.32 Å². The Morgan fingerprint density at radius 2 is 2.21 bits per heavy atom. The summed E-state index contributed by atoms with van der Waals surface area (Å²) in [6.07, 6.45) is -0.912. The summed E-state index contributed by atoms with van der Waals surface area (Å²) in [6, 6.07) is -0.642. The molecule has 6 nitrogen and oxygen atoms in total. The van der Waals surface area contributed by atoms with E-state index in [9.17, 15) is 18.0 Å². The number of aryl methyl sites for hydroxylation is 1. The molecule has 1 N–H and O–H groups in total. The van der Waals surface area contributed by atoms with Crippen LogP contribution in [0.5, 0.6) is 0 Å². The molecule has 1 aromatic heterocycles. The Morgan fingerprint density at radius 1 is 1.50 bits per heavy atom. The van der Waals surface area contributed by atoms with Crippen molar-refractivity contribution in [2.24, 2.45) is 7.05 Å². The van der Waals surface area contributed by atoms with Gasteiger partial charge in [0.15, 0.2) is 0 Å². The van der Waals surface area contributed by atoms with Crippen molar-refractivity contribution in [1.82, 2.24) is 24.7 Å². The zero-order valence-corrected chi connectivity index (χ0v) is 14.2. The molecule has 2 heterocycles. The number of nitrogens with one attached hydrogen (secondary N) is 1. The number of aromatic nitrogens is 2. The number of carbonyl (C=O) groups is 1. The van der Waals surface area contributed by atoms with Crippen LogP contribution in [0.2, 0.25) is 0 Å². The molecule has 1 aliphatic rings. The first-order chi connectivity index (χ1) is 11.2. The van der Waals surface area contributed by atoms with Gasteiger partial charge in [0.25, 0.3) is 0 Å². The Hall–Kier alpha value is -1.61. The van der Waals surface area contributed by atoms with Gasteiger partial charge in [-0.25, -0.2) is 4.98 Å². The third-order valence-corrected chi connectivity index (χ3v) is 4.14. The Labute approximate surface area is 139 Å². The normalized spacial score (nSPS) is 19.7. The standard InChI is InChI=1S/C15H24F3N5O/c1-11(2)23(10-15(16,17)18)13(24)9-22-7-4-19-8-12(22)14-20-5-6-21(14)3/h5-6,11-12,19H,4,7-10H2,1-3H3. The van der Waals surface area contributed by atoms with Crippen molar-refractivity contribution in [3.8, 4) is 0 Å². The van der Waals surface area contributed by atoms with Crippen LogP contribution in [0.25, 0.3) is 0 Å². The van der Waals surface area contributed by atoms with Gasteiger partial charge in [-0.2, -0.15) is 13.2 Å². The molecule has 24 heavy (non-hydrogen) atoms.